The maximum Gasteiger partial charge on any atom is 0.401 e. The van der Waals surface area contributed by atoms with E-state index in [1.165, 1.54) is 0 Å². The molecule has 0 amide bonds. The number of halogens is 8. The van der Waals surface area contributed by atoms with Crippen LogP contribution in [-0.4, -0.2) is 18.3 Å². The molecule has 0 aromatic carbocycles. The summed E-state index contributed by atoms with van der Waals surface area (Å²) < 4.78 is 99.7. The van der Waals surface area contributed by atoms with Crippen molar-refractivity contribution in [2.75, 3.05) is 0 Å². The smallest absolute Gasteiger partial charge is 0.205 e. The third-order valence-electron chi connectivity index (χ3n) is 3.34. The predicted octanol–water partition coefficient (Wildman–Crippen LogP) is 4.02. The first-order valence-electron chi connectivity index (χ1n) is 4.32. The van der Waals surface area contributed by atoms with Gasteiger partial charge in [-0.3, -0.25) is 0 Å². The van der Waals surface area contributed by atoms with Crippen molar-refractivity contribution in [3.05, 3.63) is 0 Å². The van der Waals surface area contributed by atoms with Gasteiger partial charge in [0.05, 0.1) is 5.92 Å². The zero-order valence-electron chi connectivity index (χ0n) is 8.18. The quantitative estimate of drug-likeness (QED) is 0.621. The van der Waals surface area contributed by atoms with Crippen molar-refractivity contribution >= 4 is 0 Å². The maximum atomic E-state index is 12.9. The van der Waals surface area contributed by atoms with Crippen LogP contribution in [0.2, 0.25) is 0 Å². The number of rotatable bonds is 1. The van der Waals surface area contributed by atoms with Gasteiger partial charge in [-0.05, 0) is 0 Å². The summed E-state index contributed by atoms with van der Waals surface area (Å²) >= 11 is 0. The summed E-state index contributed by atoms with van der Waals surface area (Å²) in [7, 11) is 0. The molecule has 0 saturated heterocycles. The highest BCUT2D eigenvalue weighted by Crippen LogP contribution is 2.77. The van der Waals surface area contributed by atoms with Crippen LogP contribution in [0.1, 0.15) is 13.8 Å². The van der Waals surface area contributed by atoms with Gasteiger partial charge in [-0.25, -0.2) is 8.78 Å². The van der Waals surface area contributed by atoms with Gasteiger partial charge in [0.25, 0.3) is 5.92 Å². The van der Waals surface area contributed by atoms with Crippen LogP contribution in [0.3, 0.4) is 0 Å². The van der Waals surface area contributed by atoms with Crippen molar-refractivity contribution in [3.8, 4) is 0 Å². The average molecular weight is 256 g/mol. The van der Waals surface area contributed by atoms with Crippen LogP contribution in [0.5, 0.6) is 0 Å². The Morgan fingerprint density at radius 2 is 1.31 bits per heavy atom. The lowest BCUT2D eigenvalue weighted by Gasteiger charge is -2.28. The third-order valence-corrected chi connectivity index (χ3v) is 3.34. The summed E-state index contributed by atoms with van der Waals surface area (Å²) in [5.41, 5.74) is -3.97. The van der Waals surface area contributed by atoms with E-state index < -0.39 is 35.5 Å². The van der Waals surface area contributed by atoms with Crippen LogP contribution >= 0.6 is 0 Å². The molecule has 0 heterocycles. The van der Waals surface area contributed by atoms with Crippen molar-refractivity contribution in [2.45, 2.75) is 32.1 Å². The van der Waals surface area contributed by atoms with Gasteiger partial charge in [-0.15, -0.1) is 0 Å². The standard InChI is InChI=1S/C8H8F8/c1-3-5(6(3,9)10,8(14,15)16)4(2)7(11,12)13/h3-4H,1-2H3/t3?,4-,5?/m0/s1. The monoisotopic (exact) mass is 256 g/mol. The molecule has 3 atom stereocenters. The Hall–Kier alpha value is -0.560. The Labute approximate surface area is 85.6 Å². The molecular weight excluding hydrogens is 248 g/mol. The molecule has 0 nitrogen and oxygen atoms in total. The molecule has 1 aliphatic carbocycles. The molecular formula is C8H8F8. The minimum Gasteiger partial charge on any atom is -0.205 e. The van der Waals surface area contributed by atoms with E-state index in [1.54, 1.807) is 0 Å². The second kappa shape index (κ2) is 3.01. The largest absolute Gasteiger partial charge is 0.401 e. The van der Waals surface area contributed by atoms with Crippen molar-refractivity contribution in [1.29, 1.82) is 0 Å². The number of alkyl halides is 8. The molecule has 0 bridgehead atoms. The molecule has 0 spiro atoms. The zero-order chi connectivity index (χ0) is 13.2. The highest BCUT2D eigenvalue weighted by Gasteiger charge is 2.93. The van der Waals surface area contributed by atoms with E-state index in [0.717, 1.165) is 0 Å². The molecule has 96 valence electrons. The molecule has 0 radical (unpaired) electrons. The molecule has 1 rings (SSSR count). The van der Waals surface area contributed by atoms with Gasteiger partial charge < -0.3 is 0 Å². The average Bonchev–Trinajstić information content (AvgIpc) is 2.43. The summed E-state index contributed by atoms with van der Waals surface area (Å²) in [6, 6.07) is 0. The van der Waals surface area contributed by atoms with E-state index in [2.05, 4.69) is 0 Å². The summed E-state index contributed by atoms with van der Waals surface area (Å²) in [5, 5.41) is 0. The highest BCUT2D eigenvalue weighted by atomic mass is 19.4. The number of hydrogen-bond donors (Lipinski definition) is 0. The molecule has 0 N–H and O–H groups in total. The van der Waals surface area contributed by atoms with E-state index in [0.29, 0.717) is 6.92 Å². The lowest BCUT2D eigenvalue weighted by Crippen LogP contribution is -2.43. The second-order valence-corrected chi connectivity index (χ2v) is 3.97. The summed E-state index contributed by atoms with van der Waals surface area (Å²) in [6.45, 7) is 0.626. The highest BCUT2D eigenvalue weighted by molar-refractivity contribution is 5.22. The first-order chi connectivity index (χ1) is 6.81. The fraction of sp³-hybridized carbons (Fsp3) is 1.00. The molecule has 16 heavy (non-hydrogen) atoms. The molecule has 1 saturated carbocycles. The van der Waals surface area contributed by atoms with Gasteiger partial charge in [-0.1, -0.05) is 13.8 Å². The molecule has 0 aliphatic heterocycles. The summed E-state index contributed by atoms with van der Waals surface area (Å²) in [5.74, 6) is -9.83. The third kappa shape index (κ3) is 1.34. The number of hydrogen-bond acceptors (Lipinski definition) is 0. The van der Waals surface area contributed by atoms with E-state index in [4.69, 9.17) is 0 Å². The lowest BCUT2D eigenvalue weighted by molar-refractivity contribution is -0.282. The Morgan fingerprint density at radius 3 is 1.38 bits per heavy atom. The lowest BCUT2D eigenvalue weighted by atomic mass is 9.86. The van der Waals surface area contributed by atoms with Gasteiger partial charge in [0.15, 0.2) is 0 Å². The van der Waals surface area contributed by atoms with E-state index in [1.807, 2.05) is 0 Å². The van der Waals surface area contributed by atoms with Crippen LogP contribution < -0.4 is 0 Å². The minimum absolute atomic E-state index is 0.144. The Kier molecular flexibility index (Phi) is 2.54. The molecule has 1 aliphatic rings. The van der Waals surface area contributed by atoms with Gasteiger partial charge in [0.1, 0.15) is 5.41 Å². The fourth-order valence-corrected chi connectivity index (χ4v) is 2.20. The van der Waals surface area contributed by atoms with Crippen molar-refractivity contribution in [2.24, 2.45) is 17.3 Å². The van der Waals surface area contributed by atoms with Crippen molar-refractivity contribution in [3.63, 3.8) is 0 Å². The molecule has 0 aromatic rings. The Morgan fingerprint density at radius 1 is 1.00 bits per heavy atom. The molecule has 1 fully saturated rings. The van der Waals surface area contributed by atoms with Crippen LogP contribution in [0.25, 0.3) is 0 Å². The van der Waals surface area contributed by atoms with Gasteiger partial charge in [0.2, 0.25) is 0 Å². The SMILES string of the molecule is CC1C(F)(F)C1([C@H](C)C(F)(F)F)C(F)(F)F. The topological polar surface area (TPSA) is 0 Å². The summed E-state index contributed by atoms with van der Waals surface area (Å²) in [4.78, 5) is 0. The van der Waals surface area contributed by atoms with Crippen LogP contribution in [0.15, 0.2) is 0 Å². The summed E-state index contributed by atoms with van der Waals surface area (Å²) in [6.07, 6.45) is -10.9. The van der Waals surface area contributed by atoms with Crippen LogP contribution in [0.4, 0.5) is 35.1 Å². The van der Waals surface area contributed by atoms with Crippen LogP contribution in [-0.2, 0) is 0 Å². The van der Waals surface area contributed by atoms with Crippen molar-refractivity contribution < 1.29 is 35.1 Å². The van der Waals surface area contributed by atoms with E-state index in [9.17, 15) is 35.1 Å². The van der Waals surface area contributed by atoms with Gasteiger partial charge >= 0.3 is 12.4 Å². The van der Waals surface area contributed by atoms with Gasteiger partial charge in [-0.2, -0.15) is 26.3 Å². The predicted molar refractivity (Wildman–Crippen MR) is 37.8 cm³/mol. The first-order valence-corrected chi connectivity index (χ1v) is 4.32. The van der Waals surface area contributed by atoms with Gasteiger partial charge in [0, 0.05) is 5.92 Å². The van der Waals surface area contributed by atoms with E-state index >= 15 is 0 Å². The minimum atomic E-state index is -5.58. The molecule has 2 unspecified atom stereocenters. The fourth-order valence-electron chi connectivity index (χ4n) is 2.20. The normalized spacial score (nSPS) is 36.0. The van der Waals surface area contributed by atoms with Crippen LogP contribution in [0, 0.1) is 17.3 Å². The molecule has 8 heteroatoms. The Bertz CT molecular complexity index is 275. The second-order valence-electron chi connectivity index (χ2n) is 3.97. The molecule has 0 aromatic heterocycles. The first kappa shape index (κ1) is 13.5. The maximum absolute atomic E-state index is 12.9. The van der Waals surface area contributed by atoms with Crippen molar-refractivity contribution in [1.82, 2.24) is 0 Å². The Balaban J connectivity index is 3.23. The van der Waals surface area contributed by atoms with E-state index in [-0.39, 0.29) is 6.92 Å². The zero-order valence-corrected chi connectivity index (χ0v) is 8.18.